The van der Waals surface area contributed by atoms with Crippen LogP contribution in [0.2, 0.25) is 10.2 Å². The quantitative estimate of drug-likeness (QED) is 0.850. The van der Waals surface area contributed by atoms with Crippen molar-refractivity contribution in [3.8, 4) is 0 Å². The van der Waals surface area contributed by atoms with Crippen molar-refractivity contribution in [3.63, 3.8) is 0 Å². The molecule has 3 nitrogen and oxygen atoms in total. The molecule has 0 aliphatic rings. The van der Waals surface area contributed by atoms with E-state index in [1.807, 2.05) is 24.3 Å². The average Bonchev–Trinajstić information content (AvgIpc) is 2.20. The van der Waals surface area contributed by atoms with Crippen LogP contribution in [0.1, 0.15) is 0 Å². The van der Waals surface area contributed by atoms with Crippen molar-refractivity contribution in [2.24, 2.45) is 0 Å². The Kier molecular flexibility index (Phi) is 3.53. The number of anilines is 1. The second kappa shape index (κ2) is 4.91. The Balaban J connectivity index is 2.30. The fourth-order valence-electron chi connectivity index (χ4n) is 1.11. The van der Waals surface area contributed by atoms with Gasteiger partial charge in [0, 0.05) is 11.0 Å². The zero-order valence-electron chi connectivity index (χ0n) is 8.02. The maximum absolute atomic E-state index is 6.03. The molecule has 0 atom stereocenters. The highest BCUT2D eigenvalue weighted by molar-refractivity contribution is 7.99. The molecule has 1 aromatic heterocycles. The molecule has 82 valence electrons. The molecule has 0 saturated heterocycles. The van der Waals surface area contributed by atoms with Gasteiger partial charge < -0.3 is 5.73 Å². The van der Waals surface area contributed by atoms with E-state index in [4.69, 9.17) is 28.9 Å². The van der Waals surface area contributed by atoms with Crippen LogP contribution in [-0.2, 0) is 0 Å². The standard InChI is InChI=1S/C10H7Cl2N3S/c11-6-3-1-2-4-7(6)16-9-5-8(12)14-10(13)15-9/h1-5H,(H2,13,14,15). The van der Waals surface area contributed by atoms with E-state index in [-0.39, 0.29) is 5.95 Å². The van der Waals surface area contributed by atoms with Gasteiger partial charge in [0.2, 0.25) is 5.95 Å². The summed E-state index contributed by atoms with van der Waals surface area (Å²) in [6.45, 7) is 0. The molecule has 0 aliphatic carbocycles. The lowest BCUT2D eigenvalue weighted by Gasteiger charge is -2.03. The molecule has 0 bridgehead atoms. The van der Waals surface area contributed by atoms with Crippen molar-refractivity contribution in [2.75, 3.05) is 5.73 Å². The second-order valence-electron chi connectivity index (χ2n) is 2.92. The number of rotatable bonds is 2. The summed E-state index contributed by atoms with van der Waals surface area (Å²) < 4.78 is 0. The van der Waals surface area contributed by atoms with Gasteiger partial charge in [-0.3, -0.25) is 0 Å². The van der Waals surface area contributed by atoms with E-state index in [1.165, 1.54) is 11.8 Å². The smallest absolute Gasteiger partial charge is 0.222 e. The van der Waals surface area contributed by atoms with Crippen molar-refractivity contribution >= 4 is 40.9 Å². The van der Waals surface area contributed by atoms with Gasteiger partial charge in [0.15, 0.2) is 0 Å². The first-order valence-corrected chi connectivity index (χ1v) is 5.95. The van der Waals surface area contributed by atoms with Gasteiger partial charge in [-0.05, 0) is 12.1 Å². The van der Waals surface area contributed by atoms with E-state index in [9.17, 15) is 0 Å². The van der Waals surface area contributed by atoms with Gasteiger partial charge in [0.25, 0.3) is 0 Å². The Morgan fingerprint density at radius 2 is 1.88 bits per heavy atom. The minimum absolute atomic E-state index is 0.155. The van der Waals surface area contributed by atoms with Crippen molar-refractivity contribution < 1.29 is 0 Å². The van der Waals surface area contributed by atoms with Crippen molar-refractivity contribution in [1.29, 1.82) is 0 Å². The Labute approximate surface area is 107 Å². The van der Waals surface area contributed by atoms with E-state index >= 15 is 0 Å². The zero-order valence-corrected chi connectivity index (χ0v) is 10.4. The highest BCUT2D eigenvalue weighted by atomic mass is 35.5. The summed E-state index contributed by atoms with van der Waals surface area (Å²) in [5.74, 6) is 0.155. The summed E-state index contributed by atoms with van der Waals surface area (Å²) >= 11 is 13.2. The van der Waals surface area contributed by atoms with Crippen molar-refractivity contribution in [1.82, 2.24) is 9.97 Å². The number of nitrogens with zero attached hydrogens (tertiary/aromatic N) is 2. The molecule has 2 N–H and O–H groups in total. The van der Waals surface area contributed by atoms with Crippen LogP contribution in [0.15, 0.2) is 40.3 Å². The summed E-state index contributed by atoms with van der Waals surface area (Å²) in [5.41, 5.74) is 5.50. The molecule has 16 heavy (non-hydrogen) atoms. The van der Waals surface area contributed by atoms with Crippen LogP contribution in [-0.4, -0.2) is 9.97 Å². The summed E-state index contributed by atoms with van der Waals surface area (Å²) in [6, 6.07) is 9.13. The molecule has 2 rings (SSSR count). The SMILES string of the molecule is Nc1nc(Cl)cc(Sc2ccccc2Cl)n1. The zero-order chi connectivity index (χ0) is 11.5. The van der Waals surface area contributed by atoms with E-state index in [0.29, 0.717) is 15.2 Å². The maximum Gasteiger partial charge on any atom is 0.222 e. The van der Waals surface area contributed by atoms with E-state index in [1.54, 1.807) is 6.07 Å². The molecule has 0 aliphatic heterocycles. The molecule has 0 radical (unpaired) electrons. The molecule has 0 unspecified atom stereocenters. The molecular weight excluding hydrogens is 265 g/mol. The highest BCUT2D eigenvalue weighted by Gasteiger charge is 2.05. The van der Waals surface area contributed by atoms with Crippen LogP contribution in [0.25, 0.3) is 0 Å². The highest BCUT2D eigenvalue weighted by Crippen LogP contribution is 2.32. The van der Waals surface area contributed by atoms with Gasteiger partial charge in [-0.1, -0.05) is 47.1 Å². The van der Waals surface area contributed by atoms with E-state index in [0.717, 1.165) is 4.90 Å². The number of nitrogen functional groups attached to an aromatic ring is 1. The van der Waals surface area contributed by atoms with Gasteiger partial charge >= 0.3 is 0 Å². The Morgan fingerprint density at radius 3 is 2.56 bits per heavy atom. The first kappa shape index (κ1) is 11.5. The fourth-order valence-corrected chi connectivity index (χ4v) is 2.46. The molecule has 0 fully saturated rings. The monoisotopic (exact) mass is 271 g/mol. The van der Waals surface area contributed by atoms with Crippen molar-refractivity contribution in [2.45, 2.75) is 9.92 Å². The third-order valence-corrected chi connectivity index (χ3v) is 3.37. The lowest BCUT2D eigenvalue weighted by atomic mass is 10.4. The first-order chi connectivity index (χ1) is 7.65. The molecule has 0 saturated carbocycles. The number of benzene rings is 1. The minimum Gasteiger partial charge on any atom is -0.368 e. The van der Waals surface area contributed by atoms with Gasteiger partial charge in [0.1, 0.15) is 10.2 Å². The number of hydrogen-bond donors (Lipinski definition) is 1. The summed E-state index contributed by atoms with van der Waals surface area (Å²) in [4.78, 5) is 8.74. The second-order valence-corrected chi connectivity index (χ2v) is 4.78. The number of nitrogens with two attached hydrogens (primary N) is 1. The minimum atomic E-state index is 0.155. The predicted octanol–water partition coefficient (Wildman–Crippen LogP) is 3.52. The Hall–Kier alpha value is -0.970. The lowest BCUT2D eigenvalue weighted by molar-refractivity contribution is 1.06. The fraction of sp³-hybridized carbons (Fsp3) is 0. The van der Waals surface area contributed by atoms with Crippen LogP contribution in [0, 0.1) is 0 Å². The molecule has 1 aromatic carbocycles. The van der Waals surface area contributed by atoms with Crippen LogP contribution >= 0.6 is 35.0 Å². The summed E-state index contributed by atoms with van der Waals surface area (Å²) in [5, 5.41) is 1.66. The average molecular weight is 272 g/mol. The van der Waals surface area contributed by atoms with E-state index in [2.05, 4.69) is 9.97 Å². The third kappa shape index (κ3) is 2.78. The van der Waals surface area contributed by atoms with Gasteiger partial charge in [-0.2, -0.15) is 0 Å². The van der Waals surface area contributed by atoms with Gasteiger partial charge in [-0.15, -0.1) is 0 Å². The number of halogens is 2. The first-order valence-electron chi connectivity index (χ1n) is 4.37. The van der Waals surface area contributed by atoms with Gasteiger partial charge in [0.05, 0.1) is 5.02 Å². The van der Waals surface area contributed by atoms with Crippen LogP contribution in [0.4, 0.5) is 5.95 Å². The van der Waals surface area contributed by atoms with Crippen molar-refractivity contribution in [3.05, 3.63) is 40.5 Å². The van der Waals surface area contributed by atoms with Crippen LogP contribution < -0.4 is 5.73 Å². The third-order valence-electron chi connectivity index (χ3n) is 1.74. The van der Waals surface area contributed by atoms with Crippen LogP contribution in [0.5, 0.6) is 0 Å². The number of hydrogen-bond acceptors (Lipinski definition) is 4. The normalized spacial score (nSPS) is 10.4. The number of aromatic nitrogens is 2. The van der Waals surface area contributed by atoms with Gasteiger partial charge in [-0.25, -0.2) is 9.97 Å². The Bertz CT molecular complexity index is 499. The predicted molar refractivity (Wildman–Crippen MR) is 67.0 cm³/mol. The van der Waals surface area contributed by atoms with Crippen LogP contribution in [0.3, 0.4) is 0 Å². The molecule has 6 heteroatoms. The summed E-state index contributed by atoms with van der Waals surface area (Å²) in [6.07, 6.45) is 0. The topological polar surface area (TPSA) is 51.8 Å². The largest absolute Gasteiger partial charge is 0.368 e. The summed E-state index contributed by atoms with van der Waals surface area (Å²) in [7, 11) is 0. The molecule has 1 heterocycles. The maximum atomic E-state index is 6.03. The molecule has 0 spiro atoms. The lowest BCUT2D eigenvalue weighted by Crippen LogP contribution is -1.95. The van der Waals surface area contributed by atoms with E-state index < -0.39 is 0 Å². The molecule has 0 amide bonds. The Morgan fingerprint density at radius 1 is 1.12 bits per heavy atom. The molecule has 2 aromatic rings. The molecular formula is C10H7Cl2N3S.